The molecule has 8 heteroatoms. The summed E-state index contributed by atoms with van der Waals surface area (Å²) < 4.78 is 2.03. The standard InChI is InChI=1S/C19H23ClN6S/c1-21-19(23-12-14-27-16-9-7-15(20)8-10-16)22-11-4-6-18-25-24-17-5-2-3-13-26(17)18/h2-3,5,7-10,13H,4,6,11-12,14H2,1H3,(H2,21,22,23). The van der Waals surface area contributed by atoms with Crippen molar-refractivity contribution in [2.75, 3.05) is 25.9 Å². The Kier molecular flexibility index (Phi) is 7.36. The molecular weight excluding hydrogens is 380 g/mol. The van der Waals surface area contributed by atoms with Crippen LogP contribution < -0.4 is 10.6 Å². The normalized spacial score (nSPS) is 11.7. The molecule has 2 N–H and O–H groups in total. The summed E-state index contributed by atoms with van der Waals surface area (Å²) >= 11 is 7.69. The molecule has 0 saturated heterocycles. The van der Waals surface area contributed by atoms with Crippen molar-refractivity contribution < 1.29 is 0 Å². The number of aryl methyl sites for hydroxylation is 1. The summed E-state index contributed by atoms with van der Waals surface area (Å²) in [6, 6.07) is 13.8. The minimum atomic E-state index is 0.765. The molecule has 0 aliphatic rings. The predicted molar refractivity (Wildman–Crippen MR) is 113 cm³/mol. The zero-order valence-electron chi connectivity index (χ0n) is 15.2. The van der Waals surface area contributed by atoms with Crippen LogP contribution in [0.4, 0.5) is 0 Å². The van der Waals surface area contributed by atoms with Crippen LogP contribution in [0, 0.1) is 0 Å². The van der Waals surface area contributed by atoms with Crippen molar-refractivity contribution in [1.29, 1.82) is 0 Å². The Morgan fingerprint density at radius 2 is 1.93 bits per heavy atom. The van der Waals surface area contributed by atoms with Crippen molar-refractivity contribution in [3.63, 3.8) is 0 Å². The van der Waals surface area contributed by atoms with Gasteiger partial charge in [-0.2, -0.15) is 0 Å². The molecule has 1 aromatic carbocycles. The lowest BCUT2D eigenvalue weighted by Crippen LogP contribution is -2.38. The van der Waals surface area contributed by atoms with Gasteiger partial charge in [0.1, 0.15) is 5.82 Å². The summed E-state index contributed by atoms with van der Waals surface area (Å²) in [5, 5.41) is 15.9. The highest BCUT2D eigenvalue weighted by Crippen LogP contribution is 2.19. The van der Waals surface area contributed by atoms with Gasteiger partial charge in [0.25, 0.3) is 0 Å². The molecule has 0 aliphatic heterocycles. The predicted octanol–water partition coefficient (Wildman–Crippen LogP) is 3.27. The molecule has 27 heavy (non-hydrogen) atoms. The SMILES string of the molecule is CN=C(NCCCc1nnc2ccccn12)NCCSc1ccc(Cl)cc1. The fraction of sp³-hybridized carbons (Fsp3) is 0.316. The van der Waals surface area contributed by atoms with Crippen molar-refractivity contribution in [2.45, 2.75) is 17.7 Å². The summed E-state index contributed by atoms with van der Waals surface area (Å²) in [6.07, 6.45) is 3.81. The molecule has 0 fully saturated rings. The summed E-state index contributed by atoms with van der Waals surface area (Å²) in [5.41, 5.74) is 0.885. The number of halogens is 1. The van der Waals surface area contributed by atoms with Gasteiger partial charge in [0, 0.05) is 48.4 Å². The van der Waals surface area contributed by atoms with E-state index >= 15 is 0 Å². The first-order chi connectivity index (χ1) is 13.3. The average molecular weight is 403 g/mol. The second-order valence-corrected chi connectivity index (χ2v) is 7.48. The van der Waals surface area contributed by atoms with Crippen LogP contribution in [-0.4, -0.2) is 46.4 Å². The second kappa shape index (κ2) is 10.2. The van der Waals surface area contributed by atoms with Crippen molar-refractivity contribution >= 4 is 35.0 Å². The molecule has 6 nitrogen and oxygen atoms in total. The van der Waals surface area contributed by atoms with Crippen LogP contribution in [0.25, 0.3) is 5.65 Å². The van der Waals surface area contributed by atoms with Gasteiger partial charge in [-0.05, 0) is 42.8 Å². The van der Waals surface area contributed by atoms with E-state index in [4.69, 9.17) is 11.6 Å². The Bertz CT molecular complexity index is 877. The quantitative estimate of drug-likeness (QED) is 0.262. The fourth-order valence-electron chi connectivity index (χ4n) is 2.60. The third-order valence-electron chi connectivity index (χ3n) is 3.95. The van der Waals surface area contributed by atoms with Crippen LogP contribution in [0.3, 0.4) is 0 Å². The monoisotopic (exact) mass is 402 g/mol. The van der Waals surface area contributed by atoms with Gasteiger partial charge in [0.05, 0.1) is 0 Å². The molecule has 3 aromatic rings. The van der Waals surface area contributed by atoms with Crippen LogP contribution in [0.1, 0.15) is 12.2 Å². The number of rotatable bonds is 8. The third kappa shape index (κ3) is 5.87. The number of thioether (sulfide) groups is 1. The van der Waals surface area contributed by atoms with Crippen molar-refractivity contribution in [2.24, 2.45) is 4.99 Å². The first-order valence-electron chi connectivity index (χ1n) is 8.88. The lowest BCUT2D eigenvalue weighted by atomic mass is 10.3. The maximum Gasteiger partial charge on any atom is 0.191 e. The van der Waals surface area contributed by atoms with Crippen molar-refractivity contribution in [1.82, 2.24) is 25.2 Å². The number of benzene rings is 1. The van der Waals surface area contributed by atoms with Crippen LogP contribution in [0.2, 0.25) is 5.02 Å². The summed E-state index contributed by atoms with van der Waals surface area (Å²) in [5.74, 6) is 2.75. The lowest BCUT2D eigenvalue weighted by molar-refractivity contribution is 0.718. The highest BCUT2D eigenvalue weighted by Gasteiger charge is 2.04. The molecule has 0 saturated carbocycles. The van der Waals surface area contributed by atoms with E-state index in [1.165, 1.54) is 4.90 Å². The average Bonchev–Trinajstić information content (AvgIpc) is 3.11. The van der Waals surface area contributed by atoms with Gasteiger partial charge < -0.3 is 10.6 Å². The van der Waals surface area contributed by atoms with Crippen LogP contribution in [-0.2, 0) is 6.42 Å². The number of fused-ring (bicyclic) bond motifs is 1. The van der Waals surface area contributed by atoms with Gasteiger partial charge >= 0.3 is 0 Å². The van der Waals surface area contributed by atoms with Gasteiger partial charge in [0.2, 0.25) is 0 Å². The Hall–Kier alpha value is -2.25. The molecule has 0 unspecified atom stereocenters. The largest absolute Gasteiger partial charge is 0.356 e. The molecule has 0 bridgehead atoms. The molecule has 2 heterocycles. The highest BCUT2D eigenvalue weighted by molar-refractivity contribution is 7.99. The molecule has 0 aliphatic carbocycles. The van der Waals surface area contributed by atoms with E-state index in [0.29, 0.717) is 0 Å². The topological polar surface area (TPSA) is 66.6 Å². The van der Waals surface area contributed by atoms with Gasteiger partial charge in [-0.3, -0.25) is 9.39 Å². The zero-order chi connectivity index (χ0) is 18.9. The van der Waals surface area contributed by atoms with E-state index in [1.54, 1.807) is 18.8 Å². The Morgan fingerprint density at radius 3 is 2.74 bits per heavy atom. The fourth-order valence-corrected chi connectivity index (χ4v) is 3.50. The van der Waals surface area contributed by atoms with Gasteiger partial charge in [-0.25, -0.2) is 0 Å². The number of nitrogens with zero attached hydrogens (tertiary/aromatic N) is 4. The molecule has 0 radical (unpaired) electrons. The van der Waals surface area contributed by atoms with Crippen LogP contribution in [0.15, 0.2) is 58.5 Å². The first-order valence-corrected chi connectivity index (χ1v) is 10.2. The summed E-state index contributed by atoms with van der Waals surface area (Å²) in [6.45, 7) is 1.66. The van der Waals surface area contributed by atoms with E-state index in [2.05, 4.69) is 25.8 Å². The van der Waals surface area contributed by atoms with Gasteiger partial charge in [-0.15, -0.1) is 22.0 Å². The van der Waals surface area contributed by atoms with Crippen molar-refractivity contribution in [3.05, 3.63) is 59.5 Å². The van der Waals surface area contributed by atoms with E-state index in [1.807, 2.05) is 53.1 Å². The maximum atomic E-state index is 5.90. The number of nitrogens with one attached hydrogen (secondary N) is 2. The van der Waals surface area contributed by atoms with Gasteiger partial charge in [0.15, 0.2) is 11.6 Å². The first kappa shape index (κ1) is 19.5. The minimum absolute atomic E-state index is 0.765. The van der Waals surface area contributed by atoms with Crippen molar-refractivity contribution in [3.8, 4) is 0 Å². The summed E-state index contributed by atoms with van der Waals surface area (Å²) in [7, 11) is 1.79. The molecular formula is C19H23ClN6S. The van der Waals surface area contributed by atoms with E-state index < -0.39 is 0 Å². The number of pyridine rings is 1. The smallest absolute Gasteiger partial charge is 0.191 e. The van der Waals surface area contributed by atoms with E-state index in [-0.39, 0.29) is 0 Å². The second-order valence-electron chi connectivity index (χ2n) is 5.88. The number of guanidine groups is 1. The van der Waals surface area contributed by atoms with Crippen LogP contribution >= 0.6 is 23.4 Å². The van der Waals surface area contributed by atoms with E-state index in [9.17, 15) is 0 Å². The van der Waals surface area contributed by atoms with Crippen LogP contribution in [0.5, 0.6) is 0 Å². The number of hydrogen-bond donors (Lipinski definition) is 2. The number of aromatic nitrogens is 3. The molecule has 2 aromatic heterocycles. The Labute approximate surface area is 168 Å². The molecule has 142 valence electrons. The van der Waals surface area contributed by atoms with E-state index in [0.717, 1.165) is 54.1 Å². The number of aliphatic imine (C=N–C) groups is 1. The summed E-state index contributed by atoms with van der Waals surface area (Å²) in [4.78, 5) is 5.48. The maximum absolute atomic E-state index is 5.90. The van der Waals surface area contributed by atoms with Gasteiger partial charge in [-0.1, -0.05) is 17.7 Å². The lowest BCUT2D eigenvalue weighted by Gasteiger charge is -2.11. The molecule has 0 spiro atoms. The Balaban J connectivity index is 1.33. The molecule has 0 atom stereocenters. The highest BCUT2D eigenvalue weighted by atomic mass is 35.5. The third-order valence-corrected chi connectivity index (χ3v) is 5.22. The Morgan fingerprint density at radius 1 is 1.11 bits per heavy atom. The molecule has 3 rings (SSSR count). The molecule has 0 amide bonds. The number of hydrogen-bond acceptors (Lipinski definition) is 4. The minimum Gasteiger partial charge on any atom is -0.356 e. The zero-order valence-corrected chi connectivity index (χ0v) is 16.8.